The number of hydrogen-bond donors (Lipinski definition) is 2. The van der Waals surface area contributed by atoms with Crippen LogP contribution in [0.25, 0.3) is 11.1 Å². The molecule has 0 saturated carbocycles. The number of ether oxygens (including phenoxy) is 1. The fourth-order valence-electron chi connectivity index (χ4n) is 3.29. The third-order valence-electron chi connectivity index (χ3n) is 5.09. The van der Waals surface area contributed by atoms with Crippen LogP contribution < -0.4 is 10.5 Å². The molecule has 0 radical (unpaired) electrons. The topological polar surface area (TPSA) is 85.4 Å². The van der Waals surface area contributed by atoms with Crippen molar-refractivity contribution in [1.82, 2.24) is 4.98 Å². The zero-order valence-corrected chi connectivity index (χ0v) is 17.2. The zero-order chi connectivity index (χ0) is 21.3. The van der Waals surface area contributed by atoms with E-state index in [1.165, 1.54) is 0 Å². The van der Waals surface area contributed by atoms with Crippen molar-refractivity contribution in [3.63, 3.8) is 0 Å². The van der Waals surface area contributed by atoms with Gasteiger partial charge in [-0.1, -0.05) is 42.5 Å². The highest BCUT2D eigenvalue weighted by Gasteiger charge is 2.16. The number of aliphatic hydroxyl groups excluding tert-OH is 1. The van der Waals surface area contributed by atoms with Gasteiger partial charge in [0.05, 0.1) is 6.10 Å². The Kier molecular flexibility index (Phi) is 7.57. The molecule has 1 aromatic heterocycles. The van der Waals surface area contributed by atoms with Crippen LogP contribution in [0.2, 0.25) is 0 Å². The van der Waals surface area contributed by atoms with Gasteiger partial charge in [0.15, 0.2) is 0 Å². The number of aliphatic hydroxyl groups is 1. The van der Waals surface area contributed by atoms with Crippen LogP contribution in [0, 0.1) is 0 Å². The Labute approximate surface area is 177 Å². The molecule has 0 aliphatic carbocycles. The van der Waals surface area contributed by atoms with Crippen LogP contribution in [0.4, 0.5) is 0 Å². The molecule has 3 N–H and O–H groups in total. The lowest BCUT2D eigenvalue weighted by atomic mass is 10.0. The van der Waals surface area contributed by atoms with Crippen molar-refractivity contribution in [1.29, 1.82) is 0 Å². The van der Waals surface area contributed by atoms with Crippen molar-refractivity contribution in [3.8, 4) is 16.9 Å². The molecule has 0 spiro atoms. The number of carbonyl (C=O) groups is 1. The largest absolute Gasteiger partial charge is 0.488 e. The Bertz CT molecular complexity index is 942. The third-order valence-corrected chi connectivity index (χ3v) is 5.09. The van der Waals surface area contributed by atoms with Gasteiger partial charge in [0.25, 0.3) is 0 Å². The lowest BCUT2D eigenvalue weighted by Crippen LogP contribution is -2.29. The van der Waals surface area contributed by atoms with E-state index in [0.717, 1.165) is 34.4 Å². The number of hydrogen-bond acceptors (Lipinski definition) is 4. The van der Waals surface area contributed by atoms with Gasteiger partial charge in [-0.25, -0.2) is 0 Å². The second-order valence-electron chi connectivity index (χ2n) is 7.48. The van der Waals surface area contributed by atoms with Crippen molar-refractivity contribution in [2.75, 3.05) is 0 Å². The average Bonchev–Trinajstić information content (AvgIpc) is 2.77. The molecule has 0 fully saturated rings. The van der Waals surface area contributed by atoms with Crippen molar-refractivity contribution in [3.05, 3.63) is 84.2 Å². The van der Waals surface area contributed by atoms with Crippen LogP contribution in [0.15, 0.2) is 73.1 Å². The number of nitrogens with two attached hydrogens (primary N) is 1. The van der Waals surface area contributed by atoms with Crippen molar-refractivity contribution in [2.45, 2.75) is 44.8 Å². The quantitative estimate of drug-likeness (QED) is 0.536. The highest BCUT2D eigenvalue weighted by Crippen LogP contribution is 2.25. The van der Waals surface area contributed by atoms with E-state index in [-0.39, 0.29) is 12.0 Å². The van der Waals surface area contributed by atoms with E-state index in [0.29, 0.717) is 19.3 Å². The van der Waals surface area contributed by atoms with Gasteiger partial charge in [-0.2, -0.15) is 0 Å². The molecule has 5 nitrogen and oxygen atoms in total. The average molecular weight is 405 g/mol. The van der Waals surface area contributed by atoms with Gasteiger partial charge in [0.2, 0.25) is 5.91 Å². The van der Waals surface area contributed by atoms with E-state index in [1.54, 1.807) is 6.20 Å². The molecule has 3 aromatic rings. The SMILES string of the molecule is C[C@H](Oc1ccc(-c2cccc(CCC(N)=O)c2)cc1)[C@H](O)CCc1cccnc1. The number of nitrogens with zero attached hydrogens (tertiary/aromatic N) is 1. The smallest absolute Gasteiger partial charge is 0.217 e. The first-order chi connectivity index (χ1) is 14.5. The molecule has 0 aliphatic rings. The molecule has 0 bridgehead atoms. The second kappa shape index (κ2) is 10.6. The maximum atomic E-state index is 11.0. The normalized spacial score (nSPS) is 12.9. The number of benzene rings is 2. The zero-order valence-electron chi connectivity index (χ0n) is 17.2. The summed E-state index contributed by atoms with van der Waals surface area (Å²) in [6.45, 7) is 1.88. The molecular formula is C25H28N2O3. The van der Waals surface area contributed by atoms with Crippen LogP contribution in [-0.2, 0) is 17.6 Å². The summed E-state index contributed by atoms with van der Waals surface area (Å²) in [6.07, 6.45) is 5.04. The van der Waals surface area contributed by atoms with Gasteiger partial charge in [-0.3, -0.25) is 9.78 Å². The predicted octanol–water partition coefficient (Wildman–Crippen LogP) is 3.93. The highest BCUT2D eigenvalue weighted by atomic mass is 16.5. The second-order valence-corrected chi connectivity index (χ2v) is 7.48. The van der Waals surface area contributed by atoms with Gasteiger partial charge >= 0.3 is 0 Å². The summed E-state index contributed by atoms with van der Waals surface area (Å²) in [5, 5.41) is 10.4. The Morgan fingerprint density at radius 3 is 2.50 bits per heavy atom. The molecule has 5 heteroatoms. The van der Waals surface area contributed by atoms with Crippen LogP contribution in [0.5, 0.6) is 5.75 Å². The molecule has 2 atom stereocenters. The molecule has 0 aliphatic heterocycles. The first-order valence-electron chi connectivity index (χ1n) is 10.2. The van der Waals surface area contributed by atoms with E-state index in [2.05, 4.69) is 11.1 Å². The molecular weight excluding hydrogens is 376 g/mol. The maximum absolute atomic E-state index is 11.0. The van der Waals surface area contributed by atoms with E-state index in [1.807, 2.05) is 67.7 Å². The summed E-state index contributed by atoms with van der Waals surface area (Å²) in [6, 6.07) is 19.8. The van der Waals surface area contributed by atoms with Crippen LogP contribution in [0.1, 0.15) is 30.9 Å². The Morgan fingerprint density at radius 1 is 1.03 bits per heavy atom. The number of amides is 1. The summed E-state index contributed by atoms with van der Waals surface area (Å²) in [5.41, 5.74) is 9.57. The number of pyridine rings is 1. The summed E-state index contributed by atoms with van der Waals surface area (Å²) in [7, 11) is 0. The number of carbonyl (C=O) groups excluding carboxylic acids is 1. The molecule has 0 unspecified atom stereocenters. The van der Waals surface area contributed by atoms with Gasteiger partial charge < -0.3 is 15.6 Å². The highest BCUT2D eigenvalue weighted by molar-refractivity contribution is 5.74. The van der Waals surface area contributed by atoms with E-state index in [4.69, 9.17) is 10.5 Å². The number of aromatic nitrogens is 1. The molecule has 1 heterocycles. The van der Waals surface area contributed by atoms with Crippen molar-refractivity contribution < 1.29 is 14.6 Å². The molecule has 1 amide bonds. The minimum absolute atomic E-state index is 0.293. The van der Waals surface area contributed by atoms with Crippen LogP contribution in [-0.4, -0.2) is 28.2 Å². The van der Waals surface area contributed by atoms with Crippen LogP contribution in [0.3, 0.4) is 0 Å². The minimum Gasteiger partial charge on any atom is -0.488 e. The summed E-state index contributed by atoms with van der Waals surface area (Å²) < 4.78 is 5.93. The standard InChI is InChI=1S/C25H28N2O3/c1-18(24(28)13-7-20-5-3-15-27-17-20)30-23-11-9-21(10-12-23)22-6-2-4-19(16-22)8-14-25(26)29/h2-6,9-12,15-18,24,28H,7-8,13-14H2,1H3,(H2,26,29)/t18-,24+/m0/s1. The number of aryl methyl sites for hydroxylation is 2. The maximum Gasteiger partial charge on any atom is 0.217 e. The number of rotatable bonds is 10. The lowest BCUT2D eigenvalue weighted by molar-refractivity contribution is -0.117. The predicted molar refractivity (Wildman–Crippen MR) is 118 cm³/mol. The molecule has 2 aromatic carbocycles. The molecule has 3 rings (SSSR count). The molecule has 156 valence electrons. The summed E-state index contributed by atoms with van der Waals surface area (Å²) in [4.78, 5) is 15.1. The molecule has 0 saturated heterocycles. The van der Waals surface area contributed by atoms with Crippen molar-refractivity contribution in [2.24, 2.45) is 5.73 Å². The summed E-state index contributed by atoms with van der Waals surface area (Å²) in [5.74, 6) is 0.426. The summed E-state index contributed by atoms with van der Waals surface area (Å²) >= 11 is 0. The minimum atomic E-state index is -0.563. The fourth-order valence-corrected chi connectivity index (χ4v) is 3.29. The van der Waals surface area contributed by atoms with Gasteiger partial charge in [-0.15, -0.1) is 0 Å². The first kappa shape index (κ1) is 21.5. The van der Waals surface area contributed by atoms with E-state index >= 15 is 0 Å². The van der Waals surface area contributed by atoms with Crippen molar-refractivity contribution >= 4 is 5.91 Å². The van der Waals surface area contributed by atoms with Gasteiger partial charge in [-0.05, 0) is 66.6 Å². The third kappa shape index (κ3) is 6.42. The monoisotopic (exact) mass is 404 g/mol. The Hall–Kier alpha value is -3.18. The number of primary amides is 1. The Morgan fingerprint density at radius 2 is 1.80 bits per heavy atom. The van der Waals surface area contributed by atoms with Gasteiger partial charge in [0.1, 0.15) is 11.9 Å². The van der Waals surface area contributed by atoms with Gasteiger partial charge in [0, 0.05) is 18.8 Å². The van der Waals surface area contributed by atoms with Crippen LogP contribution >= 0.6 is 0 Å². The fraction of sp³-hybridized carbons (Fsp3) is 0.280. The van der Waals surface area contributed by atoms with E-state index in [9.17, 15) is 9.90 Å². The lowest BCUT2D eigenvalue weighted by Gasteiger charge is -2.20. The van der Waals surface area contributed by atoms with E-state index < -0.39 is 6.10 Å². The Balaban J connectivity index is 1.56. The first-order valence-corrected chi connectivity index (χ1v) is 10.2. The molecule has 30 heavy (non-hydrogen) atoms.